The van der Waals surface area contributed by atoms with Crippen molar-refractivity contribution in [1.82, 2.24) is 0 Å². The molecule has 0 aromatic heterocycles. The van der Waals surface area contributed by atoms with Gasteiger partial charge in [0.15, 0.2) is 12.4 Å². The van der Waals surface area contributed by atoms with E-state index in [0.717, 1.165) is 21.2 Å². The molecule has 0 atom stereocenters. The van der Waals surface area contributed by atoms with Crippen LogP contribution in [0.3, 0.4) is 0 Å². The molecule has 2 rings (SSSR count). The van der Waals surface area contributed by atoms with Crippen molar-refractivity contribution in [2.24, 2.45) is 0 Å². The smallest absolute Gasteiger partial charge is 0.181 e. The van der Waals surface area contributed by atoms with Crippen molar-refractivity contribution < 1.29 is 0 Å². The Morgan fingerprint density at radius 1 is 0.684 bits per heavy atom. The van der Waals surface area contributed by atoms with Crippen molar-refractivity contribution in [3.63, 3.8) is 0 Å². The summed E-state index contributed by atoms with van der Waals surface area (Å²) in [5.74, 6) is 0. The zero-order valence-electron chi connectivity index (χ0n) is 9.92. The molecule has 4 nitrogen and oxygen atoms in total. The van der Waals surface area contributed by atoms with Gasteiger partial charge in [-0.15, -0.1) is 0 Å². The lowest BCUT2D eigenvalue weighted by Gasteiger charge is -2.04. The van der Waals surface area contributed by atoms with Crippen LogP contribution in [0.5, 0.6) is 0 Å². The molecular formula is C14H10N4S. The second kappa shape index (κ2) is 6.34. The van der Waals surface area contributed by atoms with E-state index in [1.165, 1.54) is 0 Å². The second-order valence-electron chi connectivity index (χ2n) is 3.62. The van der Waals surface area contributed by atoms with Crippen LogP contribution in [0.15, 0.2) is 58.3 Å². The van der Waals surface area contributed by atoms with Crippen molar-refractivity contribution in [1.29, 1.82) is 10.5 Å². The molecule has 5 heteroatoms. The molecule has 0 amide bonds. The highest BCUT2D eigenvalue weighted by atomic mass is 32.2. The van der Waals surface area contributed by atoms with E-state index in [9.17, 15) is 0 Å². The molecule has 0 aliphatic carbocycles. The predicted molar refractivity (Wildman–Crippen MR) is 75.5 cm³/mol. The van der Waals surface area contributed by atoms with E-state index in [0.29, 0.717) is 0 Å². The van der Waals surface area contributed by atoms with E-state index in [1.807, 2.05) is 60.9 Å². The van der Waals surface area contributed by atoms with E-state index in [4.69, 9.17) is 10.5 Å². The molecular weight excluding hydrogens is 256 g/mol. The van der Waals surface area contributed by atoms with Gasteiger partial charge < -0.3 is 0 Å². The number of hydrogen-bond acceptors (Lipinski definition) is 5. The Kier molecular flexibility index (Phi) is 4.28. The summed E-state index contributed by atoms with van der Waals surface area (Å²) in [6, 6.07) is 15.2. The molecule has 0 spiro atoms. The summed E-state index contributed by atoms with van der Waals surface area (Å²) in [6.07, 6.45) is 3.76. The maximum absolute atomic E-state index is 8.50. The highest BCUT2D eigenvalue weighted by Crippen LogP contribution is 2.29. The highest BCUT2D eigenvalue weighted by molar-refractivity contribution is 7.99. The lowest BCUT2D eigenvalue weighted by atomic mass is 10.3. The fourth-order valence-electron chi connectivity index (χ4n) is 1.48. The van der Waals surface area contributed by atoms with Crippen LogP contribution in [0.2, 0.25) is 0 Å². The van der Waals surface area contributed by atoms with Crippen molar-refractivity contribution in [2.75, 3.05) is 10.6 Å². The van der Waals surface area contributed by atoms with Gasteiger partial charge in [-0.1, -0.05) is 11.8 Å². The monoisotopic (exact) mass is 266 g/mol. The van der Waals surface area contributed by atoms with E-state index < -0.39 is 0 Å². The Bertz CT molecular complexity index is 563. The molecule has 19 heavy (non-hydrogen) atoms. The number of benzene rings is 2. The van der Waals surface area contributed by atoms with Gasteiger partial charge in [0.1, 0.15) is 0 Å². The SMILES string of the molecule is N#CNc1ccc(Sc2ccc(NC#N)cc2)cc1. The molecule has 0 saturated carbocycles. The van der Waals surface area contributed by atoms with Gasteiger partial charge in [-0.2, -0.15) is 10.5 Å². The minimum atomic E-state index is 0.778. The third-order valence-corrected chi connectivity index (χ3v) is 3.36. The van der Waals surface area contributed by atoms with Crippen LogP contribution in [-0.4, -0.2) is 0 Å². The standard InChI is InChI=1S/C14H10N4S/c15-9-17-11-1-5-13(6-2-11)19-14-7-3-12(4-8-14)18-10-16/h1-8,17-18H. The van der Waals surface area contributed by atoms with Crippen LogP contribution in [0.4, 0.5) is 11.4 Å². The first-order valence-corrected chi connectivity index (χ1v) is 6.31. The molecule has 2 N–H and O–H groups in total. The summed E-state index contributed by atoms with van der Waals surface area (Å²) >= 11 is 1.62. The Balaban J connectivity index is 2.04. The first-order chi connectivity index (χ1) is 9.31. The van der Waals surface area contributed by atoms with E-state index in [1.54, 1.807) is 11.8 Å². The van der Waals surface area contributed by atoms with Gasteiger partial charge in [-0.25, -0.2) is 0 Å². The predicted octanol–water partition coefficient (Wildman–Crippen LogP) is 3.62. The van der Waals surface area contributed by atoms with Gasteiger partial charge in [0.05, 0.1) is 0 Å². The van der Waals surface area contributed by atoms with Crippen LogP contribution < -0.4 is 10.6 Å². The zero-order valence-corrected chi connectivity index (χ0v) is 10.7. The second-order valence-corrected chi connectivity index (χ2v) is 4.77. The van der Waals surface area contributed by atoms with Crippen molar-refractivity contribution >= 4 is 23.1 Å². The number of hydrogen-bond donors (Lipinski definition) is 2. The first-order valence-electron chi connectivity index (χ1n) is 5.50. The average molecular weight is 266 g/mol. The zero-order chi connectivity index (χ0) is 13.5. The van der Waals surface area contributed by atoms with Crippen molar-refractivity contribution in [2.45, 2.75) is 9.79 Å². The fourth-order valence-corrected chi connectivity index (χ4v) is 2.29. The van der Waals surface area contributed by atoms with Crippen LogP contribution in [0, 0.1) is 22.9 Å². The Morgan fingerprint density at radius 3 is 1.37 bits per heavy atom. The van der Waals surface area contributed by atoms with Gasteiger partial charge in [0.2, 0.25) is 0 Å². The molecule has 0 fully saturated rings. The molecule has 0 aliphatic rings. The topological polar surface area (TPSA) is 71.6 Å². The molecule has 0 unspecified atom stereocenters. The number of nitrogens with zero attached hydrogens (tertiary/aromatic N) is 2. The number of anilines is 2. The van der Waals surface area contributed by atoms with Crippen LogP contribution in [0.1, 0.15) is 0 Å². The maximum atomic E-state index is 8.50. The van der Waals surface area contributed by atoms with Crippen LogP contribution in [0.25, 0.3) is 0 Å². The quantitative estimate of drug-likeness (QED) is 0.653. The summed E-state index contributed by atoms with van der Waals surface area (Å²) in [4.78, 5) is 2.17. The lowest BCUT2D eigenvalue weighted by molar-refractivity contribution is 1.39. The summed E-state index contributed by atoms with van der Waals surface area (Å²) in [7, 11) is 0. The summed E-state index contributed by atoms with van der Waals surface area (Å²) in [5, 5.41) is 22.2. The van der Waals surface area contributed by atoms with E-state index in [-0.39, 0.29) is 0 Å². The van der Waals surface area contributed by atoms with E-state index >= 15 is 0 Å². The minimum absolute atomic E-state index is 0.778. The lowest BCUT2D eigenvalue weighted by Crippen LogP contribution is -1.86. The Labute approximate surface area is 115 Å². The summed E-state index contributed by atoms with van der Waals surface area (Å²) in [5.41, 5.74) is 1.56. The largest absolute Gasteiger partial charge is 0.293 e. The average Bonchev–Trinajstić information content (AvgIpc) is 2.44. The normalized spacial score (nSPS) is 9.16. The van der Waals surface area contributed by atoms with Gasteiger partial charge in [-0.05, 0) is 48.5 Å². The Hall–Kier alpha value is -2.63. The summed E-state index contributed by atoms with van der Waals surface area (Å²) < 4.78 is 0. The Morgan fingerprint density at radius 2 is 1.05 bits per heavy atom. The molecule has 0 heterocycles. The first kappa shape index (κ1) is 12.8. The molecule has 92 valence electrons. The van der Waals surface area contributed by atoms with Crippen molar-refractivity contribution in [3.05, 3.63) is 48.5 Å². The minimum Gasteiger partial charge on any atom is -0.293 e. The molecule has 0 bridgehead atoms. The number of nitriles is 2. The van der Waals surface area contributed by atoms with Gasteiger partial charge in [-0.3, -0.25) is 10.6 Å². The molecule has 2 aromatic rings. The highest BCUT2D eigenvalue weighted by Gasteiger charge is 1.98. The number of rotatable bonds is 4. The van der Waals surface area contributed by atoms with Gasteiger partial charge in [0.25, 0.3) is 0 Å². The van der Waals surface area contributed by atoms with Gasteiger partial charge in [0, 0.05) is 21.2 Å². The fraction of sp³-hybridized carbons (Fsp3) is 0. The van der Waals surface area contributed by atoms with E-state index in [2.05, 4.69) is 10.6 Å². The molecule has 2 aromatic carbocycles. The molecule has 0 radical (unpaired) electrons. The third-order valence-electron chi connectivity index (χ3n) is 2.34. The molecule has 0 aliphatic heterocycles. The van der Waals surface area contributed by atoms with Gasteiger partial charge >= 0.3 is 0 Å². The third kappa shape index (κ3) is 3.67. The van der Waals surface area contributed by atoms with Crippen molar-refractivity contribution in [3.8, 4) is 12.4 Å². The summed E-state index contributed by atoms with van der Waals surface area (Å²) in [6.45, 7) is 0. The molecule has 0 saturated heterocycles. The number of nitrogens with one attached hydrogen (secondary N) is 2. The maximum Gasteiger partial charge on any atom is 0.181 e. The van der Waals surface area contributed by atoms with Crippen LogP contribution in [-0.2, 0) is 0 Å². The van der Waals surface area contributed by atoms with Crippen LogP contribution >= 0.6 is 11.8 Å².